The van der Waals surface area contributed by atoms with Crippen molar-refractivity contribution in [3.8, 4) is 23.7 Å². The molecular formula is C20H22O4. The van der Waals surface area contributed by atoms with E-state index < -0.39 is 11.8 Å². The maximum absolute atomic E-state index is 11.5. The van der Waals surface area contributed by atoms with Crippen LogP contribution in [0.15, 0.2) is 24.3 Å². The van der Waals surface area contributed by atoms with E-state index >= 15 is 0 Å². The topological polar surface area (TPSA) is 52.6 Å². The molecule has 0 radical (unpaired) electrons. The molecule has 2 atom stereocenters. The fourth-order valence-corrected chi connectivity index (χ4v) is 1.92. The smallest absolute Gasteiger partial charge is 0.320 e. The van der Waals surface area contributed by atoms with E-state index in [9.17, 15) is 9.59 Å². The van der Waals surface area contributed by atoms with Crippen molar-refractivity contribution in [3.05, 3.63) is 35.4 Å². The average molecular weight is 326 g/mol. The molecule has 0 aliphatic rings. The average Bonchev–Trinajstić information content (AvgIpc) is 2.63. The molecule has 1 aromatic rings. The molecule has 4 nitrogen and oxygen atoms in total. The summed E-state index contributed by atoms with van der Waals surface area (Å²) in [4.78, 5) is 23.0. The summed E-state index contributed by atoms with van der Waals surface area (Å²) in [5.74, 6) is 10.3. The standard InChI is InChI=1S/C20H22O4/c1-5-17(19(21)23-3)13-11-15-7-9-16(10-8-15)12-14-18(6-2)20(22)24-4/h7-10,17-18H,5-6H2,1-4H3. The zero-order valence-electron chi connectivity index (χ0n) is 14.5. The Morgan fingerprint density at radius 3 is 1.42 bits per heavy atom. The number of hydrogen-bond acceptors (Lipinski definition) is 4. The van der Waals surface area contributed by atoms with Crippen LogP contribution in [0, 0.1) is 35.5 Å². The molecule has 1 aromatic carbocycles. The van der Waals surface area contributed by atoms with E-state index in [1.54, 1.807) is 0 Å². The Labute approximate surface area is 143 Å². The summed E-state index contributed by atoms with van der Waals surface area (Å²) in [6, 6.07) is 7.33. The van der Waals surface area contributed by atoms with E-state index in [0.29, 0.717) is 12.8 Å². The van der Waals surface area contributed by atoms with Crippen LogP contribution in [0.1, 0.15) is 37.8 Å². The van der Waals surface area contributed by atoms with Gasteiger partial charge in [-0.3, -0.25) is 9.59 Å². The van der Waals surface area contributed by atoms with Gasteiger partial charge in [-0.25, -0.2) is 0 Å². The minimum atomic E-state index is -0.417. The van der Waals surface area contributed by atoms with E-state index in [-0.39, 0.29) is 11.9 Å². The van der Waals surface area contributed by atoms with Gasteiger partial charge in [0.15, 0.2) is 0 Å². The van der Waals surface area contributed by atoms with E-state index in [4.69, 9.17) is 9.47 Å². The first-order valence-corrected chi connectivity index (χ1v) is 7.84. The number of ether oxygens (including phenoxy) is 2. The summed E-state index contributed by atoms with van der Waals surface area (Å²) in [6.45, 7) is 3.78. The first-order valence-electron chi connectivity index (χ1n) is 7.84. The molecule has 0 saturated carbocycles. The molecule has 0 N–H and O–H groups in total. The number of carbonyl (C=O) groups excluding carboxylic acids is 2. The molecule has 2 unspecified atom stereocenters. The second-order valence-electron chi connectivity index (χ2n) is 5.08. The molecule has 0 aromatic heterocycles. The van der Waals surface area contributed by atoms with Crippen LogP contribution in [0.25, 0.3) is 0 Å². The Morgan fingerprint density at radius 2 is 1.17 bits per heavy atom. The van der Waals surface area contributed by atoms with Gasteiger partial charge in [0.1, 0.15) is 11.8 Å². The Hall–Kier alpha value is -2.72. The maximum Gasteiger partial charge on any atom is 0.320 e. The monoisotopic (exact) mass is 326 g/mol. The van der Waals surface area contributed by atoms with Gasteiger partial charge in [-0.1, -0.05) is 37.5 Å². The lowest BCUT2D eigenvalue weighted by Crippen LogP contribution is -2.13. The van der Waals surface area contributed by atoms with Crippen molar-refractivity contribution in [1.82, 2.24) is 0 Å². The number of carbonyl (C=O) groups is 2. The molecule has 0 amide bonds. The molecule has 0 saturated heterocycles. The van der Waals surface area contributed by atoms with Gasteiger partial charge in [-0.15, -0.1) is 0 Å². The van der Waals surface area contributed by atoms with Crippen LogP contribution in [-0.2, 0) is 19.1 Å². The van der Waals surface area contributed by atoms with Gasteiger partial charge in [-0.05, 0) is 37.1 Å². The van der Waals surface area contributed by atoms with Gasteiger partial charge >= 0.3 is 11.9 Å². The highest BCUT2D eigenvalue weighted by Crippen LogP contribution is 2.07. The molecule has 4 heteroatoms. The fourth-order valence-electron chi connectivity index (χ4n) is 1.92. The first-order chi connectivity index (χ1) is 11.5. The third kappa shape index (κ3) is 5.82. The van der Waals surface area contributed by atoms with Gasteiger partial charge in [-0.2, -0.15) is 0 Å². The number of benzene rings is 1. The van der Waals surface area contributed by atoms with Crippen molar-refractivity contribution < 1.29 is 19.1 Å². The Balaban J connectivity index is 2.84. The van der Waals surface area contributed by atoms with E-state index in [1.165, 1.54) is 14.2 Å². The van der Waals surface area contributed by atoms with Crippen LogP contribution in [0.4, 0.5) is 0 Å². The van der Waals surface area contributed by atoms with Crippen molar-refractivity contribution in [3.63, 3.8) is 0 Å². The van der Waals surface area contributed by atoms with Crippen LogP contribution >= 0.6 is 0 Å². The zero-order chi connectivity index (χ0) is 17.9. The largest absolute Gasteiger partial charge is 0.468 e. The third-order valence-electron chi connectivity index (χ3n) is 3.45. The van der Waals surface area contributed by atoms with Crippen LogP contribution in [0.2, 0.25) is 0 Å². The SMILES string of the molecule is CCC(C#Cc1ccc(C#CC(CC)C(=O)OC)cc1)C(=O)OC. The van der Waals surface area contributed by atoms with E-state index in [0.717, 1.165) is 11.1 Å². The van der Waals surface area contributed by atoms with Crippen LogP contribution in [0.3, 0.4) is 0 Å². The third-order valence-corrected chi connectivity index (χ3v) is 3.45. The van der Waals surface area contributed by atoms with Gasteiger partial charge < -0.3 is 9.47 Å². The summed E-state index contributed by atoms with van der Waals surface area (Å²) < 4.78 is 9.41. The second-order valence-corrected chi connectivity index (χ2v) is 5.08. The summed E-state index contributed by atoms with van der Waals surface area (Å²) in [6.07, 6.45) is 1.21. The van der Waals surface area contributed by atoms with Gasteiger partial charge in [0.2, 0.25) is 0 Å². The second kappa shape index (κ2) is 10.1. The molecular weight excluding hydrogens is 304 g/mol. The minimum absolute atomic E-state index is 0.319. The van der Waals surface area contributed by atoms with Gasteiger partial charge in [0.25, 0.3) is 0 Å². The lowest BCUT2D eigenvalue weighted by Gasteiger charge is -2.04. The highest BCUT2D eigenvalue weighted by Gasteiger charge is 2.13. The first kappa shape index (κ1) is 19.3. The molecule has 1 rings (SSSR count). The maximum atomic E-state index is 11.5. The van der Waals surface area contributed by atoms with Crippen molar-refractivity contribution in [2.45, 2.75) is 26.7 Å². The van der Waals surface area contributed by atoms with Crippen molar-refractivity contribution in [1.29, 1.82) is 0 Å². The van der Waals surface area contributed by atoms with Gasteiger partial charge in [0.05, 0.1) is 14.2 Å². The molecule has 0 fully saturated rings. The molecule has 24 heavy (non-hydrogen) atoms. The number of esters is 2. The Kier molecular flexibility index (Phi) is 8.16. The molecule has 0 bridgehead atoms. The number of methoxy groups -OCH3 is 2. The minimum Gasteiger partial charge on any atom is -0.468 e. The van der Waals surface area contributed by atoms with Crippen LogP contribution < -0.4 is 0 Å². The van der Waals surface area contributed by atoms with Crippen molar-refractivity contribution in [2.75, 3.05) is 14.2 Å². The molecule has 0 aliphatic heterocycles. The molecule has 0 heterocycles. The predicted octanol–water partition coefficient (Wildman–Crippen LogP) is 2.79. The van der Waals surface area contributed by atoms with Crippen LogP contribution in [-0.4, -0.2) is 26.2 Å². The van der Waals surface area contributed by atoms with Gasteiger partial charge in [0, 0.05) is 11.1 Å². The van der Waals surface area contributed by atoms with Crippen molar-refractivity contribution in [2.24, 2.45) is 11.8 Å². The lowest BCUT2D eigenvalue weighted by atomic mass is 10.1. The van der Waals surface area contributed by atoms with E-state index in [1.807, 2.05) is 38.1 Å². The highest BCUT2D eigenvalue weighted by molar-refractivity contribution is 5.76. The number of rotatable bonds is 4. The normalized spacial score (nSPS) is 11.8. The quantitative estimate of drug-likeness (QED) is 0.631. The number of hydrogen-bond donors (Lipinski definition) is 0. The summed E-state index contributed by atoms with van der Waals surface area (Å²) in [5, 5.41) is 0. The summed E-state index contributed by atoms with van der Waals surface area (Å²) in [7, 11) is 2.72. The molecule has 0 aliphatic carbocycles. The van der Waals surface area contributed by atoms with Crippen molar-refractivity contribution >= 4 is 11.9 Å². The fraction of sp³-hybridized carbons (Fsp3) is 0.400. The highest BCUT2D eigenvalue weighted by atomic mass is 16.5. The Bertz CT molecular complexity index is 619. The Morgan fingerprint density at radius 1 is 0.833 bits per heavy atom. The lowest BCUT2D eigenvalue weighted by molar-refractivity contribution is -0.144. The molecule has 0 spiro atoms. The van der Waals surface area contributed by atoms with Crippen LogP contribution in [0.5, 0.6) is 0 Å². The summed E-state index contributed by atoms with van der Waals surface area (Å²) >= 11 is 0. The van der Waals surface area contributed by atoms with E-state index in [2.05, 4.69) is 23.7 Å². The predicted molar refractivity (Wildman–Crippen MR) is 91.8 cm³/mol. The molecule has 126 valence electrons. The zero-order valence-corrected chi connectivity index (χ0v) is 14.5. The summed E-state index contributed by atoms with van der Waals surface area (Å²) in [5.41, 5.74) is 1.59.